The number of nitrogens with zero attached hydrogens (tertiary/aromatic N) is 1. The maximum Gasteiger partial charge on any atom is 0.184 e. The molecule has 0 aliphatic carbocycles. The van der Waals surface area contributed by atoms with Crippen molar-refractivity contribution in [2.45, 2.75) is 19.4 Å². The number of halogens is 1. The molecule has 0 heterocycles. The van der Waals surface area contributed by atoms with Gasteiger partial charge in [-0.15, -0.1) is 0 Å². The second-order valence-electron chi connectivity index (χ2n) is 2.80. The van der Waals surface area contributed by atoms with Crippen LogP contribution in [-0.2, 0) is 0 Å². The molecule has 2 N–H and O–H groups in total. The van der Waals surface area contributed by atoms with Crippen LogP contribution in [0.3, 0.4) is 0 Å². The molecule has 0 aliphatic heterocycles. The number of ether oxygens (including phenoxy) is 1. The van der Waals surface area contributed by atoms with Crippen LogP contribution in [0.2, 0.25) is 5.02 Å². The van der Waals surface area contributed by atoms with E-state index < -0.39 is 6.10 Å². The van der Waals surface area contributed by atoms with Crippen molar-refractivity contribution in [3.8, 4) is 11.8 Å². The minimum Gasteiger partial charge on any atom is -0.472 e. The molecule has 0 fully saturated rings. The van der Waals surface area contributed by atoms with E-state index in [0.29, 0.717) is 22.9 Å². The predicted octanol–water partition coefficient (Wildman–Crippen LogP) is 2.60. The second-order valence-corrected chi connectivity index (χ2v) is 3.21. The van der Waals surface area contributed by atoms with Crippen LogP contribution >= 0.6 is 11.6 Å². The average molecular weight is 211 g/mol. The topological polar surface area (TPSA) is 59.0 Å². The summed E-state index contributed by atoms with van der Waals surface area (Å²) >= 11 is 5.87. The summed E-state index contributed by atoms with van der Waals surface area (Å²) in [5, 5.41) is 9.14. The molecule has 4 heteroatoms. The largest absolute Gasteiger partial charge is 0.472 e. The van der Waals surface area contributed by atoms with Crippen molar-refractivity contribution in [1.82, 2.24) is 0 Å². The van der Waals surface area contributed by atoms with Crippen LogP contribution < -0.4 is 10.5 Å². The van der Waals surface area contributed by atoms with Crippen molar-refractivity contribution < 1.29 is 4.74 Å². The normalized spacial score (nSPS) is 11.8. The summed E-state index contributed by atoms with van der Waals surface area (Å²) < 4.78 is 5.36. The third-order valence-electron chi connectivity index (χ3n) is 1.77. The van der Waals surface area contributed by atoms with Gasteiger partial charge in [0, 0.05) is 0 Å². The maximum absolute atomic E-state index is 8.71. The highest BCUT2D eigenvalue weighted by atomic mass is 35.5. The van der Waals surface area contributed by atoms with Gasteiger partial charge < -0.3 is 10.5 Å². The highest BCUT2D eigenvalue weighted by Crippen LogP contribution is 2.31. The number of hydrogen-bond donors (Lipinski definition) is 1. The number of benzene rings is 1. The molecule has 0 saturated carbocycles. The molecule has 0 aromatic heterocycles. The summed E-state index contributed by atoms with van der Waals surface area (Å²) in [5.41, 5.74) is 6.11. The lowest BCUT2D eigenvalue weighted by atomic mass is 10.2. The number of nitriles is 1. The van der Waals surface area contributed by atoms with Crippen LogP contribution in [0.1, 0.15) is 13.3 Å². The third kappa shape index (κ3) is 2.30. The number of para-hydroxylation sites is 1. The van der Waals surface area contributed by atoms with Crippen molar-refractivity contribution >= 4 is 17.3 Å². The second kappa shape index (κ2) is 4.73. The van der Waals surface area contributed by atoms with E-state index in [2.05, 4.69) is 0 Å². The minimum atomic E-state index is -0.503. The zero-order chi connectivity index (χ0) is 10.6. The molecule has 0 spiro atoms. The monoisotopic (exact) mass is 210 g/mol. The van der Waals surface area contributed by atoms with E-state index in [1.54, 1.807) is 18.2 Å². The highest BCUT2D eigenvalue weighted by molar-refractivity contribution is 6.32. The van der Waals surface area contributed by atoms with Gasteiger partial charge >= 0.3 is 0 Å². The van der Waals surface area contributed by atoms with Crippen LogP contribution in [0.5, 0.6) is 5.75 Å². The molecule has 1 aromatic rings. The fourth-order valence-corrected chi connectivity index (χ4v) is 1.22. The van der Waals surface area contributed by atoms with Crippen molar-refractivity contribution in [2.24, 2.45) is 0 Å². The van der Waals surface area contributed by atoms with Gasteiger partial charge in [-0.25, -0.2) is 0 Å². The van der Waals surface area contributed by atoms with E-state index in [0.717, 1.165) is 0 Å². The van der Waals surface area contributed by atoms with Gasteiger partial charge in [0.25, 0.3) is 0 Å². The first-order valence-electron chi connectivity index (χ1n) is 4.29. The number of anilines is 1. The van der Waals surface area contributed by atoms with Crippen LogP contribution in [0.4, 0.5) is 5.69 Å². The molecule has 0 bridgehead atoms. The fourth-order valence-electron chi connectivity index (χ4n) is 0.993. The first kappa shape index (κ1) is 10.7. The number of hydrogen-bond acceptors (Lipinski definition) is 3. The van der Waals surface area contributed by atoms with Gasteiger partial charge in [-0.2, -0.15) is 5.26 Å². The van der Waals surface area contributed by atoms with Gasteiger partial charge in [0.05, 0.1) is 10.7 Å². The van der Waals surface area contributed by atoms with E-state index in [1.165, 1.54) is 0 Å². The Morgan fingerprint density at radius 1 is 1.64 bits per heavy atom. The molecular weight excluding hydrogens is 200 g/mol. The predicted molar refractivity (Wildman–Crippen MR) is 56.2 cm³/mol. The number of rotatable bonds is 3. The van der Waals surface area contributed by atoms with Crippen LogP contribution in [0.25, 0.3) is 0 Å². The quantitative estimate of drug-likeness (QED) is 0.781. The summed E-state index contributed by atoms with van der Waals surface area (Å²) in [5.74, 6) is 0.391. The molecule has 0 radical (unpaired) electrons. The summed E-state index contributed by atoms with van der Waals surface area (Å²) in [4.78, 5) is 0. The first-order valence-corrected chi connectivity index (χ1v) is 4.67. The number of nitrogens with two attached hydrogens (primary N) is 1. The highest BCUT2D eigenvalue weighted by Gasteiger charge is 2.11. The van der Waals surface area contributed by atoms with Gasteiger partial charge in [-0.3, -0.25) is 0 Å². The minimum absolute atomic E-state index is 0.391. The zero-order valence-electron chi connectivity index (χ0n) is 7.83. The summed E-state index contributed by atoms with van der Waals surface area (Å²) in [7, 11) is 0. The lowest BCUT2D eigenvalue weighted by molar-refractivity contribution is 0.253. The Hall–Kier alpha value is -1.40. The molecule has 14 heavy (non-hydrogen) atoms. The Morgan fingerprint density at radius 2 is 2.36 bits per heavy atom. The average Bonchev–Trinajstić information content (AvgIpc) is 2.18. The first-order chi connectivity index (χ1) is 6.69. The van der Waals surface area contributed by atoms with Crippen LogP contribution in [-0.4, -0.2) is 6.10 Å². The molecule has 74 valence electrons. The number of nitrogen functional groups attached to an aromatic ring is 1. The molecule has 0 amide bonds. The van der Waals surface area contributed by atoms with Gasteiger partial charge in [-0.05, 0) is 18.6 Å². The summed E-state index contributed by atoms with van der Waals surface area (Å²) in [6, 6.07) is 7.12. The van der Waals surface area contributed by atoms with E-state index in [4.69, 9.17) is 27.3 Å². The molecular formula is C10H11ClN2O. The maximum atomic E-state index is 8.71. The molecule has 0 saturated heterocycles. The molecule has 3 nitrogen and oxygen atoms in total. The Labute approximate surface area is 88.0 Å². The van der Waals surface area contributed by atoms with Gasteiger partial charge in [0.2, 0.25) is 0 Å². The van der Waals surface area contributed by atoms with Gasteiger partial charge in [-0.1, -0.05) is 24.6 Å². The SMILES string of the molecule is CCC(C#N)Oc1c(N)cccc1Cl. The van der Waals surface area contributed by atoms with Crippen LogP contribution in [0.15, 0.2) is 18.2 Å². The standard InChI is InChI=1S/C10H11ClN2O/c1-2-7(6-12)14-10-8(11)4-3-5-9(10)13/h3-5,7H,2,13H2,1H3. The van der Waals surface area contributed by atoms with Gasteiger partial charge in [0.15, 0.2) is 11.9 Å². The molecule has 1 unspecified atom stereocenters. The summed E-state index contributed by atoms with van der Waals surface area (Å²) in [6.07, 6.45) is 0.0958. The van der Waals surface area contributed by atoms with Gasteiger partial charge in [0.1, 0.15) is 6.07 Å². The Morgan fingerprint density at radius 3 is 2.86 bits per heavy atom. The Balaban J connectivity index is 2.91. The van der Waals surface area contributed by atoms with Crippen LogP contribution in [0, 0.1) is 11.3 Å². The van der Waals surface area contributed by atoms with E-state index in [-0.39, 0.29) is 0 Å². The third-order valence-corrected chi connectivity index (χ3v) is 2.07. The van der Waals surface area contributed by atoms with Crippen molar-refractivity contribution in [3.05, 3.63) is 23.2 Å². The zero-order valence-corrected chi connectivity index (χ0v) is 8.58. The van der Waals surface area contributed by atoms with Crippen molar-refractivity contribution in [2.75, 3.05) is 5.73 Å². The molecule has 1 atom stereocenters. The van der Waals surface area contributed by atoms with Crippen molar-refractivity contribution in [1.29, 1.82) is 5.26 Å². The van der Waals surface area contributed by atoms with E-state index in [1.807, 2.05) is 13.0 Å². The Bertz CT molecular complexity index is 339. The van der Waals surface area contributed by atoms with E-state index in [9.17, 15) is 0 Å². The smallest absolute Gasteiger partial charge is 0.184 e. The molecule has 0 aliphatic rings. The lowest BCUT2D eigenvalue weighted by Crippen LogP contribution is -2.13. The van der Waals surface area contributed by atoms with Crippen molar-refractivity contribution in [3.63, 3.8) is 0 Å². The lowest BCUT2D eigenvalue weighted by Gasteiger charge is -2.13. The van der Waals surface area contributed by atoms with E-state index >= 15 is 0 Å². The fraction of sp³-hybridized carbons (Fsp3) is 0.300. The Kier molecular flexibility index (Phi) is 3.61. The summed E-state index contributed by atoms with van der Waals surface area (Å²) in [6.45, 7) is 1.86. The molecule has 1 rings (SSSR count). The molecule has 1 aromatic carbocycles.